The van der Waals surface area contributed by atoms with Crippen LogP contribution in [0.2, 0.25) is 0 Å². The average Bonchev–Trinajstić information content (AvgIpc) is 3.30. The van der Waals surface area contributed by atoms with Crippen LogP contribution in [0.15, 0.2) is 17.5 Å². The van der Waals surface area contributed by atoms with Crippen molar-refractivity contribution < 1.29 is 9.59 Å². The Morgan fingerprint density at radius 2 is 1.80 bits per heavy atom. The van der Waals surface area contributed by atoms with E-state index in [2.05, 4.69) is 16.7 Å². The molecule has 3 saturated heterocycles. The molecule has 0 aliphatic carbocycles. The minimum absolute atomic E-state index is 0.0999. The first-order valence-electron chi connectivity index (χ1n) is 11.7. The lowest BCUT2D eigenvalue weighted by Gasteiger charge is -2.40. The third kappa shape index (κ3) is 5.42. The van der Waals surface area contributed by atoms with Gasteiger partial charge >= 0.3 is 0 Å². The number of likely N-dealkylation sites (tertiary alicyclic amines) is 2. The molecule has 2 unspecified atom stereocenters. The number of piperazine rings is 1. The van der Waals surface area contributed by atoms with Crippen molar-refractivity contribution in [3.05, 3.63) is 22.4 Å². The molecule has 4 rings (SSSR count). The van der Waals surface area contributed by atoms with Crippen molar-refractivity contribution in [2.75, 3.05) is 58.9 Å². The SMILES string of the molecule is CC1CCCCN1CC1CCCN(CC(=O)N2CCN(C(=O)c3cccs3)CC2)C1. The summed E-state index contributed by atoms with van der Waals surface area (Å²) >= 11 is 1.49. The molecular weight excluding hydrogens is 396 g/mol. The van der Waals surface area contributed by atoms with Gasteiger partial charge in [-0.2, -0.15) is 0 Å². The Bertz CT molecular complexity index is 702. The van der Waals surface area contributed by atoms with E-state index in [1.807, 2.05) is 27.3 Å². The molecule has 3 aliphatic heterocycles. The van der Waals surface area contributed by atoms with Crippen molar-refractivity contribution in [3.63, 3.8) is 0 Å². The van der Waals surface area contributed by atoms with E-state index in [1.54, 1.807) is 0 Å². The zero-order valence-corrected chi connectivity index (χ0v) is 19.1. The first-order chi connectivity index (χ1) is 14.6. The Morgan fingerprint density at radius 1 is 1.00 bits per heavy atom. The smallest absolute Gasteiger partial charge is 0.264 e. The molecule has 2 amide bonds. The van der Waals surface area contributed by atoms with Gasteiger partial charge in [0.05, 0.1) is 11.4 Å². The Hall–Kier alpha value is -1.44. The summed E-state index contributed by atoms with van der Waals surface area (Å²) in [6.07, 6.45) is 6.52. The molecule has 0 aromatic carbocycles. The molecule has 1 aromatic heterocycles. The fourth-order valence-corrected chi connectivity index (χ4v) is 5.90. The summed E-state index contributed by atoms with van der Waals surface area (Å²) in [4.78, 5) is 35.1. The molecule has 0 bridgehead atoms. The second-order valence-electron chi connectivity index (χ2n) is 9.23. The topological polar surface area (TPSA) is 47.1 Å². The predicted molar refractivity (Wildman–Crippen MR) is 121 cm³/mol. The van der Waals surface area contributed by atoms with Crippen LogP contribution >= 0.6 is 11.3 Å². The summed E-state index contributed by atoms with van der Waals surface area (Å²) in [6, 6.07) is 4.50. The quantitative estimate of drug-likeness (QED) is 0.718. The Balaban J connectivity index is 1.21. The second kappa shape index (κ2) is 10.2. The number of carbonyl (C=O) groups excluding carboxylic acids is 2. The molecule has 2 atom stereocenters. The molecule has 30 heavy (non-hydrogen) atoms. The summed E-state index contributed by atoms with van der Waals surface area (Å²) in [7, 11) is 0. The maximum absolute atomic E-state index is 12.9. The van der Waals surface area contributed by atoms with Gasteiger partial charge in [-0.25, -0.2) is 0 Å². The Morgan fingerprint density at radius 3 is 2.53 bits per heavy atom. The van der Waals surface area contributed by atoms with Gasteiger partial charge in [0, 0.05) is 45.3 Å². The highest BCUT2D eigenvalue weighted by Crippen LogP contribution is 2.23. The van der Waals surface area contributed by atoms with Crippen molar-refractivity contribution in [3.8, 4) is 0 Å². The summed E-state index contributed by atoms with van der Waals surface area (Å²) in [5.41, 5.74) is 0. The lowest BCUT2D eigenvalue weighted by atomic mass is 9.95. The molecule has 0 radical (unpaired) electrons. The van der Waals surface area contributed by atoms with Crippen LogP contribution in [0.25, 0.3) is 0 Å². The highest BCUT2D eigenvalue weighted by Gasteiger charge is 2.29. The van der Waals surface area contributed by atoms with Gasteiger partial charge in [0.1, 0.15) is 0 Å². The molecule has 1 aromatic rings. The lowest BCUT2D eigenvalue weighted by Crippen LogP contribution is -2.53. The van der Waals surface area contributed by atoms with Gasteiger partial charge in [-0.15, -0.1) is 11.3 Å². The maximum Gasteiger partial charge on any atom is 0.264 e. The number of hydrogen-bond acceptors (Lipinski definition) is 5. The van der Waals surface area contributed by atoms with Crippen LogP contribution in [0.1, 0.15) is 48.7 Å². The van der Waals surface area contributed by atoms with Crippen molar-refractivity contribution in [2.24, 2.45) is 5.92 Å². The van der Waals surface area contributed by atoms with E-state index in [9.17, 15) is 9.59 Å². The molecule has 0 N–H and O–H groups in total. The van der Waals surface area contributed by atoms with Crippen molar-refractivity contribution in [1.82, 2.24) is 19.6 Å². The molecule has 166 valence electrons. The van der Waals surface area contributed by atoms with Gasteiger partial charge in [-0.1, -0.05) is 12.5 Å². The molecule has 0 saturated carbocycles. The number of rotatable bonds is 5. The van der Waals surface area contributed by atoms with Gasteiger partial charge in [-0.05, 0) is 63.1 Å². The molecule has 4 heterocycles. The van der Waals surface area contributed by atoms with Crippen LogP contribution in [-0.2, 0) is 4.79 Å². The second-order valence-corrected chi connectivity index (χ2v) is 10.2. The standard InChI is InChI=1S/C23H36N4O2S/c1-19-6-2-3-10-27(19)17-20-7-4-9-24(16-20)18-22(28)25-11-13-26(14-12-25)23(29)21-8-5-15-30-21/h5,8,15,19-20H,2-4,6-7,9-14,16-18H2,1H3. The van der Waals surface area contributed by atoms with Gasteiger partial charge in [0.2, 0.25) is 5.91 Å². The van der Waals surface area contributed by atoms with Gasteiger partial charge in [0.15, 0.2) is 0 Å². The van der Waals surface area contributed by atoms with Crippen molar-refractivity contribution in [2.45, 2.75) is 45.1 Å². The van der Waals surface area contributed by atoms with E-state index >= 15 is 0 Å². The van der Waals surface area contributed by atoms with Crippen LogP contribution in [0.4, 0.5) is 0 Å². The number of nitrogens with zero attached hydrogens (tertiary/aromatic N) is 4. The lowest BCUT2D eigenvalue weighted by molar-refractivity contribution is -0.134. The zero-order valence-electron chi connectivity index (χ0n) is 18.3. The minimum Gasteiger partial charge on any atom is -0.338 e. The first kappa shape index (κ1) is 21.8. The highest BCUT2D eigenvalue weighted by molar-refractivity contribution is 7.12. The van der Waals surface area contributed by atoms with E-state index in [1.165, 1.54) is 56.5 Å². The molecule has 6 nitrogen and oxygen atoms in total. The number of hydrogen-bond donors (Lipinski definition) is 0. The minimum atomic E-state index is 0.0999. The summed E-state index contributed by atoms with van der Waals surface area (Å²) in [5, 5.41) is 1.94. The first-order valence-corrected chi connectivity index (χ1v) is 12.5. The molecular formula is C23H36N4O2S. The van der Waals surface area contributed by atoms with E-state index in [4.69, 9.17) is 0 Å². The third-order valence-corrected chi connectivity index (χ3v) is 7.90. The van der Waals surface area contributed by atoms with E-state index in [0.29, 0.717) is 44.7 Å². The van der Waals surface area contributed by atoms with E-state index in [0.717, 1.165) is 18.0 Å². The highest BCUT2D eigenvalue weighted by atomic mass is 32.1. The zero-order chi connectivity index (χ0) is 20.9. The van der Waals surface area contributed by atoms with Crippen LogP contribution in [-0.4, -0.2) is 96.4 Å². The molecule has 3 fully saturated rings. The van der Waals surface area contributed by atoms with Crippen LogP contribution < -0.4 is 0 Å². The van der Waals surface area contributed by atoms with E-state index < -0.39 is 0 Å². The third-order valence-electron chi connectivity index (χ3n) is 7.05. The monoisotopic (exact) mass is 432 g/mol. The largest absolute Gasteiger partial charge is 0.338 e. The molecule has 3 aliphatic rings. The molecule has 0 spiro atoms. The number of carbonyl (C=O) groups is 2. The van der Waals surface area contributed by atoms with Gasteiger partial charge in [0.25, 0.3) is 5.91 Å². The Labute approximate surface area is 184 Å². The fraction of sp³-hybridized carbons (Fsp3) is 0.739. The normalized spacial score (nSPS) is 26.7. The maximum atomic E-state index is 12.9. The summed E-state index contributed by atoms with van der Waals surface area (Å²) < 4.78 is 0. The fourth-order valence-electron chi connectivity index (χ4n) is 5.21. The van der Waals surface area contributed by atoms with Crippen molar-refractivity contribution in [1.29, 1.82) is 0 Å². The van der Waals surface area contributed by atoms with Gasteiger partial charge < -0.3 is 14.7 Å². The van der Waals surface area contributed by atoms with Crippen LogP contribution in [0.3, 0.4) is 0 Å². The predicted octanol–water partition coefficient (Wildman–Crippen LogP) is 2.62. The summed E-state index contributed by atoms with van der Waals surface area (Å²) in [6.45, 7) is 9.99. The average molecular weight is 433 g/mol. The number of piperidine rings is 2. The Kier molecular flexibility index (Phi) is 7.44. The van der Waals surface area contributed by atoms with Crippen LogP contribution in [0.5, 0.6) is 0 Å². The molecule has 7 heteroatoms. The van der Waals surface area contributed by atoms with Gasteiger partial charge in [-0.3, -0.25) is 14.5 Å². The van der Waals surface area contributed by atoms with Crippen molar-refractivity contribution >= 4 is 23.2 Å². The number of amides is 2. The van der Waals surface area contributed by atoms with Crippen LogP contribution in [0, 0.1) is 5.92 Å². The summed E-state index contributed by atoms with van der Waals surface area (Å²) in [5.74, 6) is 1.01. The van der Waals surface area contributed by atoms with E-state index in [-0.39, 0.29) is 11.8 Å². The number of thiophene rings is 1.